The highest BCUT2D eigenvalue weighted by Gasteiger charge is 2.42. The Labute approximate surface area is 91.3 Å². The van der Waals surface area contributed by atoms with Crippen molar-refractivity contribution in [1.29, 1.82) is 0 Å². The van der Waals surface area contributed by atoms with Crippen molar-refractivity contribution in [3.63, 3.8) is 0 Å². The summed E-state index contributed by atoms with van der Waals surface area (Å²) in [4.78, 5) is 11.6. The fraction of sp³-hybridized carbons (Fsp3) is 0.909. The van der Waals surface area contributed by atoms with E-state index in [0.717, 1.165) is 38.8 Å². The van der Waals surface area contributed by atoms with Gasteiger partial charge in [0.1, 0.15) is 5.54 Å². The van der Waals surface area contributed by atoms with E-state index in [9.17, 15) is 4.79 Å². The maximum atomic E-state index is 11.6. The monoisotopic (exact) mass is 215 g/mol. The Kier molecular flexibility index (Phi) is 5.05. The lowest BCUT2D eigenvalue weighted by molar-refractivity contribution is -0.150. The minimum absolute atomic E-state index is 0.198. The van der Waals surface area contributed by atoms with E-state index < -0.39 is 5.54 Å². The number of rotatable bonds is 6. The van der Waals surface area contributed by atoms with Crippen molar-refractivity contribution in [3.8, 4) is 0 Å². The minimum Gasteiger partial charge on any atom is -0.468 e. The van der Waals surface area contributed by atoms with Gasteiger partial charge in [-0.25, -0.2) is 4.79 Å². The number of carbonyl (C=O) groups excluding carboxylic acids is 1. The molecule has 1 saturated heterocycles. The third-order valence-corrected chi connectivity index (χ3v) is 2.81. The van der Waals surface area contributed by atoms with E-state index in [4.69, 9.17) is 9.47 Å². The smallest absolute Gasteiger partial charge is 0.328 e. The number of hydrogen-bond acceptors (Lipinski definition) is 4. The zero-order valence-corrected chi connectivity index (χ0v) is 9.67. The van der Waals surface area contributed by atoms with Crippen LogP contribution in [0.15, 0.2) is 0 Å². The first kappa shape index (κ1) is 12.5. The molecule has 0 amide bonds. The Bertz CT molecular complexity index is 200. The van der Waals surface area contributed by atoms with Gasteiger partial charge in [0.2, 0.25) is 0 Å². The van der Waals surface area contributed by atoms with Crippen LogP contribution >= 0.6 is 0 Å². The highest BCUT2D eigenvalue weighted by atomic mass is 16.5. The second kappa shape index (κ2) is 6.08. The first-order valence-electron chi connectivity index (χ1n) is 5.66. The highest BCUT2D eigenvalue weighted by Crippen LogP contribution is 2.21. The molecular weight excluding hydrogens is 194 g/mol. The lowest BCUT2D eigenvalue weighted by Crippen LogP contribution is -2.52. The molecule has 1 rings (SSSR count). The van der Waals surface area contributed by atoms with Crippen molar-refractivity contribution in [2.75, 3.05) is 26.9 Å². The fourth-order valence-electron chi connectivity index (χ4n) is 1.85. The molecule has 0 aliphatic carbocycles. The normalized spacial score (nSPS) is 25.5. The second-order valence-corrected chi connectivity index (χ2v) is 4.01. The van der Waals surface area contributed by atoms with Crippen LogP contribution < -0.4 is 5.32 Å². The molecule has 0 saturated carbocycles. The summed E-state index contributed by atoms with van der Waals surface area (Å²) < 4.78 is 10.3. The van der Waals surface area contributed by atoms with Gasteiger partial charge < -0.3 is 9.47 Å². The van der Waals surface area contributed by atoms with Gasteiger partial charge in [0, 0.05) is 6.61 Å². The maximum Gasteiger partial charge on any atom is 0.328 e. The number of methoxy groups -OCH3 is 1. The Balaban J connectivity index is 2.40. The average molecular weight is 215 g/mol. The zero-order valence-electron chi connectivity index (χ0n) is 9.67. The number of carbonyl (C=O) groups is 1. The van der Waals surface area contributed by atoms with Crippen LogP contribution in [0.3, 0.4) is 0 Å². The minimum atomic E-state index is -0.581. The Morgan fingerprint density at radius 1 is 1.53 bits per heavy atom. The molecule has 4 nitrogen and oxygen atoms in total. The molecule has 0 aromatic carbocycles. The van der Waals surface area contributed by atoms with Gasteiger partial charge >= 0.3 is 5.97 Å². The molecule has 0 unspecified atom stereocenters. The predicted molar refractivity (Wildman–Crippen MR) is 57.7 cm³/mol. The summed E-state index contributed by atoms with van der Waals surface area (Å²) in [6.07, 6.45) is 3.97. The molecule has 1 atom stereocenters. The number of hydrogen-bond donors (Lipinski definition) is 1. The standard InChI is InChI=1S/C11H21NO3/c1-3-4-8-15-9-11(10(13)14-2)6-5-7-12-11/h12H,3-9H2,1-2H3/t11-/m0/s1. The van der Waals surface area contributed by atoms with Gasteiger partial charge in [0.15, 0.2) is 0 Å². The van der Waals surface area contributed by atoms with Crippen LogP contribution in [-0.4, -0.2) is 38.4 Å². The molecular formula is C11H21NO3. The molecule has 1 N–H and O–H groups in total. The summed E-state index contributed by atoms with van der Waals surface area (Å²) in [6, 6.07) is 0. The van der Waals surface area contributed by atoms with Crippen molar-refractivity contribution in [3.05, 3.63) is 0 Å². The summed E-state index contributed by atoms with van der Waals surface area (Å²) >= 11 is 0. The van der Waals surface area contributed by atoms with E-state index in [1.807, 2.05) is 0 Å². The van der Waals surface area contributed by atoms with Gasteiger partial charge in [-0.05, 0) is 25.8 Å². The highest BCUT2D eigenvalue weighted by molar-refractivity contribution is 5.81. The molecule has 0 radical (unpaired) electrons. The summed E-state index contributed by atoms with van der Waals surface area (Å²) in [5.41, 5.74) is -0.581. The summed E-state index contributed by atoms with van der Waals surface area (Å²) in [5, 5.41) is 3.20. The SMILES string of the molecule is CCCCOC[C@]1(C(=O)OC)CCCN1. The van der Waals surface area contributed by atoms with E-state index in [1.54, 1.807) is 0 Å². The lowest BCUT2D eigenvalue weighted by Gasteiger charge is -2.25. The summed E-state index contributed by atoms with van der Waals surface area (Å²) in [7, 11) is 1.43. The van der Waals surface area contributed by atoms with Gasteiger partial charge in [0.25, 0.3) is 0 Å². The van der Waals surface area contributed by atoms with Crippen LogP contribution in [0.25, 0.3) is 0 Å². The maximum absolute atomic E-state index is 11.6. The second-order valence-electron chi connectivity index (χ2n) is 4.01. The first-order chi connectivity index (χ1) is 7.25. The van der Waals surface area contributed by atoms with Crippen LogP contribution in [0.2, 0.25) is 0 Å². The molecule has 88 valence electrons. The molecule has 1 heterocycles. The van der Waals surface area contributed by atoms with Gasteiger partial charge in [-0.3, -0.25) is 5.32 Å². The predicted octanol–water partition coefficient (Wildman–Crippen LogP) is 1.10. The number of unbranched alkanes of at least 4 members (excludes halogenated alkanes) is 1. The Hall–Kier alpha value is -0.610. The fourth-order valence-corrected chi connectivity index (χ4v) is 1.85. The third kappa shape index (κ3) is 3.18. The summed E-state index contributed by atoms with van der Waals surface area (Å²) in [5.74, 6) is -0.198. The number of ether oxygens (including phenoxy) is 2. The van der Waals surface area contributed by atoms with Crippen LogP contribution in [0.5, 0.6) is 0 Å². The van der Waals surface area contributed by atoms with Crippen molar-refractivity contribution in [2.24, 2.45) is 0 Å². The molecule has 0 bridgehead atoms. The molecule has 1 fully saturated rings. The molecule has 1 aliphatic rings. The van der Waals surface area contributed by atoms with Crippen molar-refractivity contribution >= 4 is 5.97 Å². The average Bonchev–Trinajstić information content (AvgIpc) is 2.73. The number of esters is 1. The van der Waals surface area contributed by atoms with Gasteiger partial charge in [0.05, 0.1) is 13.7 Å². The van der Waals surface area contributed by atoms with Crippen molar-refractivity contribution < 1.29 is 14.3 Å². The van der Waals surface area contributed by atoms with E-state index in [2.05, 4.69) is 12.2 Å². The van der Waals surface area contributed by atoms with Crippen molar-refractivity contribution in [2.45, 2.75) is 38.1 Å². The first-order valence-corrected chi connectivity index (χ1v) is 5.66. The van der Waals surface area contributed by atoms with E-state index >= 15 is 0 Å². The van der Waals surface area contributed by atoms with Crippen LogP contribution in [0.1, 0.15) is 32.6 Å². The van der Waals surface area contributed by atoms with Gasteiger partial charge in [-0.2, -0.15) is 0 Å². The van der Waals surface area contributed by atoms with E-state index in [-0.39, 0.29) is 5.97 Å². The van der Waals surface area contributed by atoms with Crippen LogP contribution in [-0.2, 0) is 14.3 Å². The van der Waals surface area contributed by atoms with Gasteiger partial charge in [-0.15, -0.1) is 0 Å². The Morgan fingerprint density at radius 2 is 2.33 bits per heavy atom. The molecule has 15 heavy (non-hydrogen) atoms. The Morgan fingerprint density at radius 3 is 2.87 bits per heavy atom. The topological polar surface area (TPSA) is 47.6 Å². The van der Waals surface area contributed by atoms with Gasteiger partial charge in [-0.1, -0.05) is 13.3 Å². The molecule has 0 spiro atoms. The van der Waals surface area contributed by atoms with Crippen LogP contribution in [0.4, 0.5) is 0 Å². The molecule has 1 aliphatic heterocycles. The molecule has 0 aromatic rings. The quantitative estimate of drug-likeness (QED) is 0.532. The van der Waals surface area contributed by atoms with E-state index in [1.165, 1.54) is 7.11 Å². The van der Waals surface area contributed by atoms with Crippen molar-refractivity contribution in [1.82, 2.24) is 5.32 Å². The third-order valence-electron chi connectivity index (χ3n) is 2.81. The van der Waals surface area contributed by atoms with Crippen LogP contribution in [0, 0.1) is 0 Å². The summed E-state index contributed by atoms with van der Waals surface area (Å²) in [6.45, 7) is 4.14. The number of nitrogens with one attached hydrogen (secondary N) is 1. The molecule has 0 aromatic heterocycles. The van der Waals surface area contributed by atoms with E-state index in [0.29, 0.717) is 6.61 Å². The molecule has 4 heteroatoms. The lowest BCUT2D eigenvalue weighted by atomic mass is 9.99. The largest absolute Gasteiger partial charge is 0.468 e. The zero-order chi connectivity index (χ0) is 11.1.